The van der Waals surface area contributed by atoms with Crippen molar-refractivity contribution in [1.29, 1.82) is 0 Å². The van der Waals surface area contributed by atoms with Gasteiger partial charge in [0.05, 0.1) is 28.4 Å². The molecule has 3 aromatic rings. The molecule has 0 spiro atoms. The first kappa shape index (κ1) is 29.6. The Morgan fingerprint density at radius 1 is 1.10 bits per heavy atom. The van der Waals surface area contributed by atoms with Crippen LogP contribution in [-0.2, 0) is 27.7 Å². The van der Waals surface area contributed by atoms with Crippen LogP contribution in [0.4, 0.5) is 5.00 Å². The number of sulfonamides is 1. The number of hydrogen-bond acceptors (Lipinski definition) is 8. The van der Waals surface area contributed by atoms with Crippen molar-refractivity contribution in [3.8, 4) is 0 Å². The molecule has 2 aliphatic heterocycles. The summed E-state index contributed by atoms with van der Waals surface area (Å²) in [6.07, 6.45) is 0.300. The molecule has 5 rings (SSSR count). The van der Waals surface area contributed by atoms with Gasteiger partial charge in [-0.2, -0.15) is 9.40 Å². The van der Waals surface area contributed by atoms with Gasteiger partial charge in [0.1, 0.15) is 5.00 Å². The van der Waals surface area contributed by atoms with Crippen molar-refractivity contribution in [3.05, 3.63) is 63.3 Å². The zero-order chi connectivity index (χ0) is 29.6. The van der Waals surface area contributed by atoms with Crippen LogP contribution in [0.25, 0.3) is 0 Å². The van der Waals surface area contributed by atoms with Crippen LogP contribution in [0.1, 0.15) is 70.2 Å². The third-order valence-electron chi connectivity index (χ3n) is 7.60. The Morgan fingerprint density at radius 2 is 1.76 bits per heavy atom. The first-order valence-electron chi connectivity index (χ1n) is 13.9. The van der Waals surface area contributed by atoms with Crippen molar-refractivity contribution in [2.45, 2.75) is 77.7 Å². The van der Waals surface area contributed by atoms with E-state index in [2.05, 4.69) is 29.2 Å². The molecule has 0 bridgehead atoms. The van der Waals surface area contributed by atoms with Gasteiger partial charge in [-0.1, -0.05) is 0 Å². The highest BCUT2D eigenvalue weighted by Crippen LogP contribution is 2.38. The fourth-order valence-electron chi connectivity index (χ4n) is 5.55. The summed E-state index contributed by atoms with van der Waals surface area (Å²) in [5.74, 6) is -0.680. The summed E-state index contributed by atoms with van der Waals surface area (Å²) in [5, 5.41) is 7.84. The van der Waals surface area contributed by atoms with Crippen LogP contribution in [0.5, 0.6) is 0 Å². The third kappa shape index (κ3) is 5.89. The number of rotatable bonds is 6. The smallest absolute Gasteiger partial charge is 0.281 e. The van der Waals surface area contributed by atoms with E-state index in [1.165, 1.54) is 44.6 Å². The maximum absolute atomic E-state index is 13.8. The molecule has 1 amide bonds. The zero-order valence-corrected chi connectivity index (χ0v) is 25.9. The number of anilines is 1. The molecule has 220 valence electrons. The standard InChI is InChI=1S/C29H37N5O5S2/c1-17(2)32-12-11-24-25(16-32)40-28(26(24)29(36)34-19(4)13-18(3)31-34)30-27(35)22-7-9-23(10-8-22)41(37,38)33-14-20(5)39-21(6)15-33/h7-10,13,17,20-21H,11-12,14-16H2,1-6H3,(H,30,35). The molecule has 0 aliphatic carbocycles. The second-order valence-electron chi connectivity index (χ2n) is 11.2. The topological polar surface area (TPSA) is 114 Å². The molecule has 2 unspecified atom stereocenters. The number of fused-ring (bicyclic) bond motifs is 1. The summed E-state index contributed by atoms with van der Waals surface area (Å²) in [4.78, 5) is 30.7. The minimum absolute atomic E-state index is 0.121. The van der Waals surface area contributed by atoms with Crippen LogP contribution in [0, 0.1) is 13.8 Å². The Hall–Kier alpha value is -2.90. The number of amides is 1. The van der Waals surface area contributed by atoms with Gasteiger partial charge in [-0.25, -0.2) is 13.1 Å². The monoisotopic (exact) mass is 599 g/mol. The van der Waals surface area contributed by atoms with Crippen molar-refractivity contribution >= 4 is 38.2 Å². The molecule has 10 nitrogen and oxygen atoms in total. The number of carbonyl (C=O) groups excluding carboxylic acids is 2. The predicted octanol–water partition coefficient (Wildman–Crippen LogP) is 4.07. The van der Waals surface area contributed by atoms with E-state index in [-0.39, 0.29) is 36.1 Å². The van der Waals surface area contributed by atoms with Gasteiger partial charge in [-0.15, -0.1) is 11.3 Å². The van der Waals surface area contributed by atoms with Gasteiger partial charge in [-0.05, 0) is 83.9 Å². The number of hydrogen-bond donors (Lipinski definition) is 1. The number of ether oxygens (including phenoxy) is 1. The maximum Gasteiger partial charge on any atom is 0.281 e. The van der Waals surface area contributed by atoms with Gasteiger partial charge in [0, 0.05) is 48.4 Å². The second-order valence-corrected chi connectivity index (χ2v) is 14.3. The molecule has 0 saturated carbocycles. The van der Waals surface area contributed by atoms with E-state index in [1.807, 2.05) is 33.8 Å². The minimum Gasteiger partial charge on any atom is -0.373 e. The molecule has 4 heterocycles. The summed E-state index contributed by atoms with van der Waals surface area (Å²) in [7, 11) is -3.73. The molecular weight excluding hydrogens is 562 g/mol. The Labute approximate surface area is 245 Å². The normalized spacial score (nSPS) is 20.3. The zero-order valence-electron chi connectivity index (χ0n) is 24.3. The van der Waals surface area contributed by atoms with E-state index in [1.54, 1.807) is 0 Å². The number of benzene rings is 1. The average molecular weight is 600 g/mol. The van der Waals surface area contributed by atoms with Crippen LogP contribution >= 0.6 is 11.3 Å². The summed E-state index contributed by atoms with van der Waals surface area (Å²) in [6.45, 7) is 13.7. The van der Waals surface area contributed by atoms with E-state index >= 15 is 0 Å². The van der Waals surface area contributed by atoms with Gasteiger partial charge in [0.25, 0.3) is 11.8 Å². The largest absolute Gasteiger partial charge is 0.373 e. The van der Waals surface area contributed by atoms with E-state index in [0.29, 0.717) is 35.1 Å². The summed E-state index contributed by atoms with van der Waals surface area (Å²) >= 11 is 1.42. The molecular formula is C29H37N5O5S2. The Balaban J connectivity index is 1.42. The summed E-state index contributed by atoms with van der Waals surface area (Å²) in [6, 6.07) is 8.13. The van der Waals surface area contributed by atoms with Crippen LogP contribution < -0.4 is 5.32 Å². The predicted molar refractivity (Wildman–Crippen MR) is 158 cm³/mol. The van der Waals surface area contributed by atoms with Crippen LogP contribution in [0.3, 0.4) is 0 Å². The SMILES string of the molecule is Cc1cc(C)n(C(=O)c2c(NC(=O)c3ccc(S(=O)(=O)N4CC(C)OC(C)C4)cc3)sc3c2CCN(C(C)C)C3)n1. The number of nitrogens with one attached hydrogen (secondary N) is 1. The lowest BCUT2D eigenvalue weighted by Gasteiger charge is -2.34. The Kier molecular flexibility index (Phi) is 8.23. The van der Waals surface area contributed by atoms with E-state index in [0.717, 1.165) is 28.4 Å². The van der Waals surface area contributed by atoms with Crippen molar-refractivity contribution in [2.75, 3.05) is 25.0 Å². The molecule has 2 aromatic heterocycles. The van der Waals surface area contributed by atoms with Gasteiger partial charge < -0.3 is 10.1 Å². The average Bonchev–Trinajstić information content (AvgIpc) is 3.45. The maximum atomic E-state index is 13.8. The highest BCUT2D eigenvalue weighted by atomic mass is 32.2. The summed E-state index contributed by atoms with van der Waals surface area (Å²) < 4.78 is 35.0. The van der Waals surface area contributed by atoms with E-state index < -0.39 is 15.9 Å². The number of aryl methyl sites for hydroxylation is 2. The molecule has 2 aliphatic rings. The molecule has 1 saturated heterocycles. The molecule has 1 aromatic carbocycles. The molecule has 2 atom stereocenters. The molecule has 0 radical (unpaired) electrons. The number of carbonyl (C=O) groups is 2. The molecule has 41 heavy (non-hydrogen) atoms. The fourth-order valence-corrected chi connectivity index (χ4v) is 8.40. The minimum atomic E-state index is -3.73. The Bertz CT molecular complexity index is 1570. The van der Waals surface area contributed by atoms with E-state index in [4.69, 9.17) is 4.74 Å². The lowest BCUT2D eigenvalue weighted by Crippen LogP contribution is -2.48. The highest BCUT2D eigenvalue weighted by Gasteiger charge is 2.33. The first-order chi connectivity index (χ1) is 19.3. The molecule has 1 N–H and O–H groups in total. The fraction of sp³-hybridized carbons (Fsp3) is 0.483. The number of nitrogens with zero attached hydrogens (tertiary/aromatic N) is 4. The Morgan fingerprint density at radius 3 is 2.34 bits per heavy atom. The van der Waals surface area contributed by atoms with Gasteiger partial charge in [0.2, 0.25) is 10.0 Å². The van der Waals surface area contributed by atoms with Gasteiger partial charge >= 0.3 is 0 Å². The highest BCUT2D eigenvalue weighted by molar-refractivity contribution is 7.89. The quantitative estimate of drug-likeness (QED) is 0.455. The van der Waals surface area contributed by atoms with Gasteiger partial charge in [0.15, 0.2) is 0 Å². The van der Waals surface area contributed by atoms with Crippen molar-refractivity contribution < 1.29 is 22.7 Å². The number of thiophene rings is 1. The molecule has 1 fully saturated rings. The molecule has 12 heteroatoms. The second kappa shape index (κ2) is 11.4. The summed E-state index contributed by atoms with van der Waals surface area (Å²) in [5.41, 5.74) is 3.20. The lowest BCUT2D eigenvalue weighted by atomic mass is 10.0. The van der Waals surface area contributed by atoms with Crippen LogP contribution in [0.2, 0.25) is 0 Å². The first-order valence-corrected chi connectivity index (χ1v) is 16.1. The number of aromatic nitrogens is 2. The van der Waals surface area contributed by atoms with Crippen molar-refractivity contribution in [3.63, 3.8) is 0 Å². The van der Waals surface area contributed by atoms with Crippen molar-refractivity contribution in [1.82, 2.24) is 19.0 Å². The van der Waals surface area contributed by atoms with Gasteiger partial charge in [-0.3, -0.25) is 14.5 Å². The van der Waals surface area contributed by atoms with Crippen molar-refractivity contribution in [2.24, 2.45) is 0 Å². The van der Waals surface area contributed by atoms with Crippen LogP contribution in [0.15, 0.2) is 35.2 Å². The lowest BCUT2D eigenvalue weighted by molar-refractivity contribution is -0.0440. The van der Waals surface area contributed by atoms with E-state index in [9.17, 15) is 18.0 Å². The van der Waals surface area contributed by atoms with Crippen LogP contribution in [-0.4, -0.2) is 77.1 Å². The third-order valence-corrected chi connectivity index (χ3v) is 10.6. The number of morpholine rings is 1.